The number of halogens is 1. The zero-order chi connectivity index (χ0) is 12.7. The number of carbonyl (C=O) groups is 1. The van der Waals surface area contributed by atoms with Gasteiger partial charge in [-0.2, -0.15) is 0 Å². The quantitative estimate of drug-likeness (QED) is 0.588. The lowest BCUT2D eigenvalue weighted by Crippen LogP contribution is -2.33. The van der Waals surface area contributed by atoms with E-state index in [4.69, 9.17) is 0 Å². The predicted octanol–water partition coefficient (Wildman–Crippen LogP) is 2.10. The Morgan fingerprint density at radius 1 is 1.35 bits per heavy atom. The van der Waals surface area contributed by atoms with Gasteiger partial charge in [0.05, 0.1) is 0 Å². The fraction of sp³-hybridized carbons (Fsp3) is 0.462. The summed E-state index contributed by atoms with van der Waals surface area (Å²) >= 11 is 0. The minimum atomic E-state index is -0.165. The Morgan fingerprint density at radius 3 is 2.76 bits per heavy atom. The van der Waals surface area contributed by atoms with E-state index < -0.39 is 0 Å². The monoisotopic (exact) mass is 238 g/mol. The molecule has 1 rings (SSSR count). The fourth-order valence-corrected chi connectivity index (χ4v) is 1.68. The predicted molar refractivity (Wildman–Crippen MR) is 65.9 cm³/mol. The number of aryl methyl sites for hydroxylation is 2. The summed E-state index contributed by atoms with van der Waals surface area (Å²) in [5.41, 5.74) is 6.92. The number of carbonyl (C=O) groups excluding carboxylic acids is 1. The van der Waals surface area contributed by atoms with Gasteiger partial charge >= 0.3 is 0 Å². The molecule has 0 saturated heterocycles. The summed E-state index contributed by atoms with van der Waals surface area (Å²) in [6.07, 6.45) is 3.17. The van der Waals surface area contributed by atoms with Gasteiger partial charge < -0.3 is 0 Å². The first-order valence-electron chi connectivity index (χ1n) is 5.84. The van der Waals surface area contributed by atoms with Gasteiger partial charge in [-0.05, 0) is 43.4 Å². The van der Waals surface area contributed by atoms with E-state index in [9.17, 15) is 9.18 Å². The van der Waals surface area contributed by atoms with Crippen LogP contribution in [0.4, 0.5) is 4.39 Å². The molecule has 1 aromatic rings. The number of unbranched alkanes of at least 4 members (excludes halogenated alkanes) is 1. The van der Waals surface area contributed by atoms with Gasteiger partial charge in [-0.25, -0.2) is 9.82 Å². The maximum Gasteiger partial charge on any atom is 0.234 e. The van der Waals surface area contributed by atoms with Crippen LogP contribution in [0.3, 0.4) is 0 Å². The largest absolute Gasteiger partial charge is 0.292 e. The fourth-order valence-electron chi connectivity index (χ4n) is 1.68. The van der Waals surface area contributed by atoms with Crippen LogP contribution in [-0.4, -0.2) is 13.0 Å². The highest BCUT2D eigenvalue weighted by Crippen LogP contribution is 2.12. The van der Waals surface area contributed by atoms with E-state index in [1.165, 1.54) is 6.07 Å². The van der Waals surface area contributed by atoms with Crippen molar-refractivity contribution in [1.29, 1.82) is 0 Å². The highest BCUT2D eigenvalue weighted by Gasteiger charge is 2.01. The van der Waals surface area contributed by atoms with Crippen molar-refractivity contribution in [1.82, 2.24) is 10.9 Å². The van der Waals surface area contributed by atoms with Crippen LogP contribution in [0.5, 0.6) is 0 Å². The Bertz CT molecular complexity index is 380. The Morgan fingerprint density at radius 2 is 2.12 bits per heavy atom. The number of hydrazine groups is 1. The van der Waals surface area contributed by atoms with Crippen molar-refractivity contribution in [2.45, 2.75) is 32.6 Å². The Kier molecular flexibility index (Phi) is 5.63. The minimum absolute atomic E-state index is 0.00258. The molecule has 0 atom stereocenters. The topological polar surface area (TPSA) is 41.1 Å². The number of rotatable bonds is 6. The highest BCUT2D eigenvalue weighted by molar-refractivity contribution is 5.75. The first kappa shape index (κ1) is 13.6. The lowest BCUT2D eigenvalue weighted by molar-refractivity contribution is -0.122. The van der Waals surface area contributed by atoms with E-state index >= 15 is 0 Å². The molecule has 1 amide bonds. The maximum atomic E-state index is 13.0. The van der Waals surface area contributed by atoms with Crippen LogP contribution in [0.25, 0.3) is 0 Å². The average Bonchev–Trinajstić information content (AvgIpc) is 2.29. The molecule has 94 valence electrons. The van der Waals surface area contributed by atoms with Gasteiger partial charge in [-0.3, -0.25) is 10.2 Å². The lowest BCUT2D eigenvalue weighted by atomic mass is 10.0. The molecule has 4 heteroatoms. The third-order valence-corrected chi connectivity index (χ3v) is 2.61. The standard InChI is InChI=1S/C13H19FN2O/c1-10-9-11(7-8-12(10)14)5-3-4-6-13(17)16-15-2/h7-9,15H,3-6H2,1-2H3,(H,16,17). The van der Waals surface area contributed by atoms with Crippen LogP contribution in [0.1, 0.15) is 30.4 Å². The molecule has 2 N–H and O–H groups in total. The molecule has 3 nitrogen and oxygen atoms in total. The second kappa shape index (κ2) is 7.01. The molecule has 0 aliphatic carbocycles. The number of benzene rings is 1. The molecule has 17 heavy (non-hydrogen) atoms. The van der Waals surface area contributed by atoms with Crippen LogP contribution in [0, 0.1) is 12.7 Å². The van der Waals surface area contributed by atoms with Crippen LogP contribution in [0.2, 0.25) is 0 Å². The Labute approximate surface area is 101 Å². The summed E-state index contributed by atoms with van der Waals surface area (Å²) in [5, 5.41) is 0. The number of amides is 1. The van der Waals surface area contributed by atoms with Crippen LogP contribution < -0.4 is 10.9 Å². The number of hydrogen-bond acceptors (Lipinski definition) is 2. The van der Waals surface area contributed by atoms with Gasteiger partial charge in [0.25, 0.3) is 0 Å². The molecule has 0 heterocycles. The van der Waals surface area contributed by atoms with Crippen molar-refractivity contribution in [2.75, 3.05) is 7.05 Å². The summed E-state index contributed by atoms with van der Waals surface area (Å²) < 4.78 is 13.0. The second-order valence-electron chi connectivity index (χ2n) is 4.09. The molecular weight excluding hydrogens is 219 g/mol. The average molecular weight is 238 g/mol. The van der Waals surface area contributed by atoms with E-state index in [0.717, 1.165) is 24.8 Å². The first-order valence-corrected chi connectivity index (χ1v) is 5.84. The van der Waals surface area contributed by atoms with Crippen molar-refractivity contribution < 1.29 is 9.18 Å². The molecule has 0 spiro atoms. The summed E-state index contributed by atoms with van der Waals surface area (Å²) in [4.78, 5) is 11.1. The van der Waals surface area contributed by atoms with Gasteiger partial charge in [0.2, 0.25) is 5.91 Å². The summed E-state index contributed by atoms with van der Waals surface area (Å²) in [6.45, 7) is 1.76. The van der Waals surface area contributed by atoms with Crippen LogP contribution in [0.15, 0.2) is 18.2 Å². The molecule has 0 aliphatic rings. The smallest absolute Gasteiger partial charge is 0.234 e. The van der Waals surface area contributed by atoms with E-state index in [2.05, 4.69) is 10.9 Å². The van der Waals surface area contributed by atoms with Crippen molar-refractivity contribution in [3.63, 3.8) is 0 Å². The Hall–Kier alpha value is -1.42. The Balaban J connectivity index is 2.26. The molecule has 0 unspecified atom stereocenters. The number of nitrogens with one attached hydrogen (secondary N) is 2. The SMILES string of the molecule is CNNC(=O)CCCCc1ccc(F)c(C)c1. The zero-order valence-electron chi connectivity index (χ0n) is 10.3. The zero-order valence-corrected chi connectivity index (χ0v) is 10.3. The molecule has 0 aliphatic heterocycles. The normalized spacial score (nSPS) is 10.3. The van der Waals surface area contributed by atoms with Gasteiger partial charge in [-0.15, -0.1) is 0 Å². The molecule has 0 radical (unpaired) electrons. The molecule has 0 fully saturated rings. The third-order valence-electron chi connectivity index (χ3n) is 2.61. The van der Waals surface area contributed by atoms with E-state index in [1.807, 2.05) is 6.07 Å². The molecular formula is C13H19FN2O. The second-order valence-corrected chi connectivity index (χ2v) is 4.09. The molecule has 0 aromatic heterocycles. The van der Waals surface area contributed by atoms with E-state index in [-0.39, 0.29) is 11.7 Å². The summed E-state index contributed by atoms with van der Waals surface area (Å²) in [7, 11) is 1.67. The third kappa shape index (κ3) is 4.95. The van der Waals surface area contributed by atoms with Crippen molar-refractivity contribution in [3.05, 3.63) is 35.1 Å². The summed E-state index contributed by atoms with van der Waals surface area (Å²) in [5.74, 6) is -0.162. The maximum absolute atomic E-state index is 13.0. The summed E-state index contributed by atoms with van der Waals surface area (Å²) in [6, 6.07) is 5.16. The van der Waals surface area contributed by atoms with Crippen LogP contribution in [-0.2, 0) is 11.2 Å². The van der Waals surface area contributed by atoms with Gasteiger partial charge in [-0.1, -0.05) is 12.1 Å². The van der Waals surface area contributed by atoms with Gasteiger partial charge in [0.15, 0.2) is 0 Å². The van der Waals surface area contributed by atoms with Crippen molar-refractivity contribution in [3.8, 4) is 0 Å². The van der Waals surface area contributed by atoms with Gasteiger partial charge in [0, 0.05) is 13.5 Å². The minimum Gasteiger partial charge on any atom is -0.292 e. The van der Waals surface area contributed by atoms with E-state index in [1.54, 1.807) is 20.0 Å². The molecule has 1 aromatic carbocycles. The highest BCUT2D eigenvalue weighted by atomic mass is 19.1. The first-order chi connectivity index (χ1) is 8.13. The lowest BCUT2D eigenvalue weighted by Gasteiger charge is -2.04. The van der Waals surface area contributed by atoms with Gasteiger partial charge in [0.1, 0.15) is 5.82 Å². The van der Waals surface area contributed by atoms with E-state index in [0.29, 0.717) is 12.0 Å². The van der Waals surface area contributed by atoms with Crippen molar-refractivity contribution >= 4 is 5.91 Å². The van der Waals surface area contributed by atoms with Crippen molar-refractivity contribution in [2.24, 2.45) is 0 Å². The molecule has 0 bridgehead atoms. The number of hydrogen-bond donors (Lipinski definition) is 2. The van der Waals surface area contributed by atoms with Crippen LogP contribution >= 0.6 is 0 Å². The molecule has 0 saturated carbocycles.